The van der Waals surface area contributed by atoms with Gasteiger partial charge in [0.1, 0.15) is 5.82 Å². The molecule has 88 valence electrons. The fraction of sp³-hybridized carbons (Fsp3) is 0.700. The van der Waals surface area contributed by atoms with E-state index >= 15 is 0 Å². The van der Waals surface area contributed by atoms with Gasteiger partial charge in [-0.05, 0) is 20.8 Å². The van der Waals surface area contributed by atoms with Gasteiger partial charge in [0.15, 0.2) is 0 Å². The summed E-state index contributed by atoms with van der Waals surface area (Å²) in [6, 6.07) is 0. The molecular weight excluding hydrogens is 208 g/mol. The van der Waals surface area contributed by atoms with E-state index in [1.165, 1.54) is 0 Å². The van der Waals surface area contributed by atoms with Crippen molar-refractivity contribution in [1.82, 2.24) is 20.1 Å². The maximum atomic E-state index is 12.2. The van der Waals surface area contributed by atoms with E-state index in [1.54, 1.807) is 11.8 Å². The maximum absolute atomic E-state index is 12.2. The highest BCUT2D eigenvalue weighted by atomic mass is 16.5. The average molecular weight is 224 g/mol. The van der Waals surface area contributed by atoms with Crippen LogP contribution in [0.3, 0.4) is 0 Å². The molecule has 1 aromatic rings. The molecule has 0 radical (unpaired) electrons. The highest BCUT2D eigenvalue weighted by molar-refractivity contribution is 5.91. The van der Waals surface area contributed by atoms with Crippen LogP contribution in [0, 0.1) is 6.92 Å². The molecule has 0 spiro atoms. The van der Waals surface area contributed by atoms with Crippen LogP contribution in [0.15, 0.2) is 0 Å². The molecule has 0 unspecified atom stereocenters. The number of carbonyl (C=O) groups is 1. The summed E-state index contributed by atoms with van der Waals surface area (Å²) in [5, 5.41) is 6.56. The molecule has 0 aliphatic carbocycles. The number of aromatic amines is 1. The highest BCUT2D eigenvalue weighted by Crippen LogP contribution is 2.20. The van der Waals surface area contributed by atoms with Crippen LogP contribution in [-0.4, -0.2) is 51.3 Å². The van der Waals surface area contributed by atoms with Crippen LogP contribution in [-0.2, 0) is 4.74 Å². The zero-order valence-electron chi connectivity index (χ0n) is 9.78. The largest absolute Gasteiger partial charge is 0.377 e. The van der Waals surface area contributed by atoms with Gasteiger partial charge in [-0.3, -0.25) is 9.89 Å². The molecule has 2 rings (SSSR count). The summed E-state index contributed by atoms with van der Waals surface area (Å²) in [7, 11) is 0. The quantitative estimate of drug-likeness (QED) is 0.747. The van der Waals surface area contributed by atoms with Gasteiger partial charge in [-0.1, -0.05) is 0 Å². The number of rotatable bonds is 1. The first-order valence-electron chi connectivity index (χ1n) is 5.29. The standard InChI is InChI=1S/C10H16N4O2/c1-7-11-8(13-12-7)9(15)14-4-5-16-6-10(14,2)3/h4-6H2,1-3H3,(H,11,12,13). The van der Waals surface area contributed by atoms with Crippen LogP contribution in [0.2, 0.25) is 0 Å². The van der Waals surface area contributed by atoms with Gasteiger partial charge >= 0.3 is 0 Å². The number of hydrogen-bond donors (Lipinski definition) is 1. The summed E-state index contributed by atoms with van der Waals surface area (Å²) in [5.41, 5.74) is -0.302. The second-order valence-electron chi connectivity index (χ2n) is 4.57. The van der Waals surface area contributed by atoms with Crippen molar-refractivity contribution in [2.24, 2.45) is 0 Å². The van der Waals surface area contributed by atoms with E-state index in [0.717, 1.165) is 0 Å². The van der Waals surface area contributed by atoms with Crippen LogP contribution in [0.25, 0.3) is 0 Å². The SMILES string of the molecule is Cc1nc(C(=O)N2CCOCC2(C)C)n[nH]1. The number of carbonyl (C=O) groups excluding carboxylic acids is 1. The fourth-order valence-electron chi connectivity index (χ4n) is 1.79. The molecular formula is C10H16N4O2. The molecule has 16 heavy (non-hydrogen) atoms. The predicted octanol–water partition coefficient (Wildman–Crippen LogP) is 0.364. The lowest BCUT2D eigenvalue weighted by atomic mass is 10.0. The number of morpholine rings is 1. The number of aromatic nitrogens is 3. The van der Waals surface area contributed by atoms with E-state index in [-0.39, 0.29) is 17.3 Å². The summed E-state index contributed by atoms with van der Waals surface area (Å²) in [4.78, 5) is 18.0. The smallest absolute Gasteiger partial charge is 0.294 e. The molecule has 1 aliphatic heterocycles. The third kappa shape index (κ3) is 1.92. The molecule has 1 N–H and O–H groups in total. The van der Waals surface area contributed by atoms with Gasteiger partial charge in [0.05, 0.1) is 18.8 Å². The van der Waals surface area contributed by atoms with Crippen molar-refractivity contribution in [2.75, 3.05) is 19.8 Å². The Labute approximate surface area is 94.0 Å². The molecule has 0 atom stereocenters. The van der Waals surface area contributed by atoms with E-state index in [4.69, 9.17) is 4.74 Å². The number of H-pyrrole nitrogens is 1. The van der Waals surface area contributed by atoms with Crippen molar-refractivity contribution >= 4 is 5.91 Å². The minimum Gasteiger partial charge on any atom is -0.377 e. The van der Waals surface area contributed by atoms with Crippen molar-refractivity contribution in [3.8, 4) is 0 Å². The molecule has 6 heteroatoms. The molecule has 1 saturated heterocycles. The molecule has 6 nitrogen and oxygen atoms in total. The third-order valence-electron chi connectivity index (χ3n) is 2.68. The summed E-state index contributed by atoms with van der Waals surface area (Å²) in [6.45, 7) is 7.42. The maximum Gasteiger partial charge on any atom is 0.294 e. The Balaban J connectivity index is 2.20. The van der Waals surface area contributed by atoms with Crippen LogP contribution < -0.4 is 0 Å². The van der Waals surface area contributed by atoms with Gasteiger partial charge in [-0.15, -0.1) is 5.10 Å². The van der Waals surface area contributed by atoms with Crippen LogP contribution in [0.4, 0.5) is 0 Å². The van der Waals surface area contributed by atoms with Crippen molar-refractivity contribution in [3.05, 3.63) is 11.6 Å². The third-order valence-corrected chi connectivity index (χ3v) is 2.68. The first-order chi connectivity index (χ1) is 7.50. The predicted molar refractivity (Wildman–Crippen MR) is 57.1 cm³/mol. The highest BCUT2D eigenvalue weighted by Gasteiger charge is 2.35. The minimum atomic E-state index is -0.302. The number of ether oxygens (including phenoxy) is 1. The lowest BCUT2D eigenvalue weighted by Gasteiger charge is -2.41. The molecule has 1 fully saturated rings. The summed E-state index contributed by atoms with van der Waals surface area (Å²) < 4.78 is 5.36. The number of nitrogens with zero attached hydrogens (tertiary/aromatic N) is 3. The van der Waals surface area contributed by atoms with Crippen molar-refractivity contribution in [3.63, 3.8) is 0 Å². The monoisotopic (exact) mass is 224 g/mol. The van der Waals surface area contributed by atoms with Crippen LogP contribution in [0.5, 0.6) is 0 Å². The molecule has 0 saturated carbocycles. The van der Waals surface area contributed by atoms with Crippen LogP contribution in [0.1, 0.15) is 30.3 Å². The Bertz CT molecular complexity index is 399. The average Bonchev–Trinajstić information content (AvgIpc) is 2.63. The minimum absolute atomic E-state index is 0.141. The summed E-state index contributed by atoms with van der Waals surface area (Å²) in [5.74, 6) is 0.736. The fourth-order valence-corrected chi connectivity index (χ4v) is 1.79. The first-order valence-corrected chi connectivity index (χ1v) is 5.29. The van der Waals surface area contributed by atoms with Gasteiger partial charge in [0, 0.05) is 6.54 Å². The van der Waals surface area contributed by atoms with Gasteiger partial charge in [-0.2, -0.15) is 0 Å². The molecule has 0 bridgehead atoms. The lowest BCUT2D eigenvalue weighted by Crippen LogP contribution is -2.55. The Morgan fingerprint density at radius 2 is 2.31 bits per heavy atom. The lowest BCUT2D eigenvalue weighted by molar-refractivity contribution is -0.0375. The number of nitrogens with one attached hydrogen (secondary N) is 1. The van der Waals surface area contributed by atoms with Crippen molar-refractivity contribution in [2.45, 2.75) is 26.3 Å². The summed E-state index contributed by atoms with van der Waals surface area (Å²) >= 11 is 0. The molecule has 2 heterocycles. The zero-order chi connectivity index (χ0) is 11.8. The molecule has 1 aromatic heterocycles. The van der Waals surface area contributed by atoms with Gasteiger partial charge in [0.25, 0.3) is 5.91 Å². The first kappa shape index (κ1) is 11.1. The van der Waals surface area contributed by atoms with Gasteiger partial charge < -0.3 is 9.64 Å². The second-order valence-corrected chi connectivity index (χ2v) is 4.57. The Morgan fingerprint density at radius 3 is 2.88 bits per heavy atom. The number of amides is 1. The van der Waals surface area contributed by atoms with E-state index in [2.05, 4.69) is 15.2 Å². The Hall–Kier alpha value is -1.43. The normalized spacial score (nSPS) is 19.8. The second kappa shape index (κ2) is 3.86. The Morgan fingerprint density at radius 1 is 1.56 bits per heavy atom. The van der Waals surface area contributed by atoms with Crippen molar-refractivity contribution < 1.29 is 9.53 Å². The molecule has 1 aliphatic rings. The molecule has 1 amide bonds. The topological polar surface area (TPSA) is 71.1 Å². The summed E-state index contributed by atoms with van der Waals surface area (Å²) in [6.07, 6.45) is 0. The van der Waals surface area contributed by atoms with Crippen molar-refractivity contribution in [1.29, 1.82) is 0 Å². The Kier molecular flexibility index (Phi) is 2.67. The van der Waals surface area contributed by atoms with Gasteiger partial charge in [0.2, 0.25) is 5.82 Å². The number of hydrogen-bond acceptors (Lipinski definition) is 4. The van der Waals surface area contributed by atoms with Crippen LogP contribution >= 0.6 is 0 Å². The van der Waals surface area contributed by atoms with E-state index in [9.17, 15) is 4.79 Å². The zero-order valence-corrected chi connectivity index (χ0v) is 9.78. The van der Waals surface area contributed by atoms with Gasteiger partial charge in [-0.25, -0.2) is 4.98 Å². The van der Waals surface area contributed by atoms with E-state index in [0.29, 0.717) is 25.6 Å². The molecule has 0 aromatic carbocycles. The van der Waals surface area contributed by atoms with E-state index < -0.39 is 0 Å². The van der Waals surface area contributed by atoms with E-state index in [1.807, 2.05) is 13.8 Å². The number of aryl methyl sites for hydroxylation is 1.